The van der Waals surface area contributed by atoms with E-state index < -0.39 is 14.6 Å². The zero-order valence-electron chi connectivity index (χ0n) is 13.6. The zero-order chi connectivity index (χ0) is 15.9. The van der Waals surface area contributed by atoms with Gasteiger partial charge >= 0.3 is 0 Å². The first kappa shape index (κ1) is 17.4. The molecule has 20 heavy (non-hydrogen) atoms. The van der Waals surface area contributed by atoms with Crippen molar-refractivity contribution in [3.05, 3.63) is 0 Å². The van der Waals surface area contributed by atoms with Gasteiger partial charge in [0.15, 0.2) is 9.84 Å². The lowest BCUT2D eigenvalue weighted by Gasteiger charge is -2.33. The second kappa shape index (κ2) is 5.64. The molecular weight excluding hydrogens is 276 g/mol. The Morgan fingerprint density at radius 3 is 2.05 bits per heavy atom. The molecule has 1 fully saturated rings. The third kappa shape index (κ3) is 3.34. The van der Waals surface area contributed by atoms with Crippen LogP contribution in [0.3, 0.4) is 0 Å². The summed E-state index contributed by atoms with van der Waals surface area (Å²) in [4.78, 5) is 14.2. The summed E-state index contributed by atoms with van der Waals surface area (Å²) in [5.74, 6) is 0.434. The molecule has 1 N–H and O–H groups in total. The Labute approximate surface area is 123 Å². The molecule has 1 amide bonds. The van der Waals surface area contributed by atoms with Gasteiger partial charge in [0.1, 0.15) is 0 Å². The van der Waals surface area contributed by atoms with E-state index in [0.717, 1.165) is 0 Å². The summed E-state index contributed by atoms with van der Waals surface area (Å²) in [7, 11) is -3.22. The van der Waals surface area contributed by atoms with Gasteiger partial charge in [-0.15, -0.1) is 0 Å². The van der Waals surface area contributed by atoms with E-state index in [1.165, 1.54) is 6.26 Å². The highest BCUT2D eigenvalue weighted by Gasteiger charge is 2.45. The number of hydrogen-bond donors (Lipinski definition) is 1. The molecule has 1 heterocycles. The van der Waals surface area contributed by atoms with E-state index in [-0.39, 0.29) is 36.5 Å². The highest BCUT2D eigenvalue weighted by molar-refractivity contribution is 7.92. The second-order valence-corrected chi connectivity index (χ2v) is 9.72. The van der Waals surface area contributed by atoms with E-state index in [9.17, 15) is 13.2 Å². The van der Waals surface area contributed by atoms with E-state index >= 15 is 0 Å². The fourth-order valence-electron chi connectivity index (χ4n) is 2.39. The predicted octanol–water partition coefficient (Wildman–Crippen LogP) is 1.25. The molecule has 0 bridgehead atoms. The Morgan fingerprint density at radius 1 is 1.20 bits per heavy atom. The minimum atomic E-state index is -3.22. The summed E-state index contributed by atoms with van der Waals surface area (Å²) in [6.07, 6.45) is 1.13. The van der Waals surface area contributed by atoms with Gasteiger partial charge in [-0.3, -0.25) is 10.1 Å². The Kier molecular flexibility index (Phi) is 4.91. The number of amides is 1. The van der Waals surface area contributed by atoms with Crippen LogP contribution in [0.1, 0.15) is 41.5 Å². The molecule has 0 radical (unpaired) electrons. The van der Waals surface area contributed by atoms with Crippen molar-refractivity contribution in [2.45, 2.75) is 58.5 Å². The molecule has 5 nitrogen and oxygen atoms in total. The lowest BCUT2D eigenvalue weighted by molar-refractivity contribution is -0.131. The van der Waals surface area contributed by atoms with Crippen LogP contribution in [0.2, 0.25) is 0 Å². The standard InChI is InChI=1S/C14H28N2O3S/c1-9(2)11-13(17)16(12(15-11)10(3)4)8-14(5,6)20(7,18)19/h9-12,15H,8H2,1-7H3. The van der Waals surface area contributed by atoms with E-state index in [1.807, 2.05) is 27.7 Å². The highest BCUT2D eigenvalue weighted by Crippen LogP contribution is 2.26. The number of nitrogens with one attached hydrogen (secondary N) is 1. The molecule has 1 rings (SSSR count). The van der Waals surface area contributed by atoms with Crippen LogP contribution in [0.4, 0.5) is 0 Å². The Hall–Kier alpha value is -0.620. The van der Waals surface area contributed by atoms with E-state index in [1.54, 1.807) is 18.7 Å². The van der Waals surface area contributed by atoms with Crippen LogP contribution in [0.5, 0.6) is 0 Å². The van der Waals surface area contributed by atoms with Crippen molar-refractivity contribution in [3.8, 4) is 0 Å². The predicted molar refractivity (Wildman–Crippen MR) is 81.0 cm³/mol. The van der Waals surface area contributed by atoms with Crippen molar-refractivity contribution in [2.24, 2.45) is 11.8 Å². The van der Waals surface area contributed by atoms with Crippen LogP contribution in [-0.4, -0.2) is 49.0 Å². The molecule has 0 aliphatic carbocycles. The van der Waals surface area contributed by atoms with E-state index in [4.69, 9.17) is 0 Å². The summed E-state index contributed by atoms with van der Waals surface area (Å²) in [5, 5.41) is 3.35. The van der Waals surface area contributed by atoms with Crippen LogP contribution >= 0.6 is 0 Å². The van der Waals surface area contributed by atoms with Crippen LogP contribution in [-0.2, 0) is 14.6 Å². The Balaban J connectivity index is 3.05. The maximum Gasteiger partial charge on any atom is 0.241 e. The SMILES string of the molecule is CC(C)C1NC(C(C)C)N(CC(C)(C)S(C)(=O)=O)C1=O. The van der Waals surface area contributed by atoms with Gasteiger partial charge in [-0.1, -0.05) is 27.7 Å². The minimum Gasteiger partial charge on any atom is -0.324 e. The first-order valence-electron chi connectivity index (χ1n) is 7.14. The normalized spacial score (nSPS) is 25.1. The fraction of sp³-hybridized carbons (Fsp3) is 0.929. The minimum absolute atomic E-state index is 0.00965. The lowest BCUT2D eigenvalue weighted by Crippen LogP contribution is -2.50. The maximum absolute atomic E-state index is 12.5. The van der Waals surface area contributed by atoms with Gasteiger partial charge in [-0.25, -0.2) is 8.42 Å². The largest absolute Gasteiger partial charge is 0.324 e. The fourth-order valence-corrected chi connectivity index (χ4v) is 2.77. The van der Waals surface area contributed by atoms with Gasteiger partial charge in [0.2, 0.25) is 5.91 Å². The highest BCUT2D eigenvalue weighted by atomic mass is 32.2. The number of carbonyl (C=O) groups is 1. The molecule has 1 saturated heterocycles. The molecular formula is C14H28N2O3S. The van der Waals surface area contributed by atoms with E-state index in [2.05, 4.69) is 5.32 Å². The monoisotopic (exact) mass is 304 g/mol. The molecule has 0 saturated carbocycles. The van der Waals surface area contributed by atoms with Crippen LogP contribution in [0.15, 0.2) is 0 Å². The van der Waals surface area contributed by atoms with Gasteiger partial charge in [0.05, 0.1) is 17.0 Å². The quantitative estimate of drug-likeness (QED) is 0.830. The van der Waals surface area contributed by atoms with Crippen molar-refractivity contribution in [1.29, 1.82) is 0 Å². The molecule has 0 aromatic heterocycles. The summed E-state index contributed by atoms with van der Waals surface area (Å²) in [6.45, 7) is 11.6. The maximum atomic E-state index is 12.5. The van der Waals surface area contributed by atoms with Crippen molar-refractivity contribution < 1.29 is 13.2 Å². The van der Waals surface area contributed by atoms with Gasteiger partial charge < -0.3 is 4.90 Å². The summed E-state index contributed by atoms with van der Waals surface area (Å²) in [5.41, 5.74) is 0. The van der Waals surface area contributed by atoms with Crippen molar-refractivity contribution in [1.82, 2.24) is 10.2 Å². The topological polar surface area (TPSA) is 66.5 Å². The first-order valence-corrected chi connectivity index (χ1v) is 9.03. The van der Waals surface area contributed by atoms with Gasteiger partial charge in [0, 0.05) is 12.8 Å². The molecule has 6 heteroatoms. The van der Waals surface area contributed by atoms with Gasteiger partial charge in [-0.2, -0.15) is 0 Å². The Morgan fingerprint density at radius 2 is 1.70 bits per heavy atom. The third-order valence-corrected chi connectivity index (χ3v) is 6.22. The molecule has 2 unspecified atom stereocenters. The van der Waals surface area contributed by atoms with Crippen molar-refractivity contribution >= 4 is 15.7 Å². The van der Waals surface area contributed by atoms with Gasteiger partial charge in [-0.05, 0) is 25.7 Å². The third-order valence-electron chi connectivity index (χ3n) is 4.09. The molecule has 118 valence electrons. The number of sulfone groups is 1. The van der Waals surface area contributed by atoms with E-state index in [0.29, 0.717) is 0 Å². The number of nitrogens with zero attached hydrogens (tertiary/aromatic N) is 1. The molecule has 1 aliphatic rings. The number of carbonyl (C=O) groups excluding carboxylic acids is 1. The summed E-state index contributed by atoms with van der Waals surface area (Å²) in [6, 6.07) is -0.224. The molecule has 1 aliphatic heterocycles. The average Bonchev–Trinajstić information content (AvgIpc) is 2.54. The average molecular weight is 304 g/mol. The first-order chi connectivity index (χ1) is 8.88. The van der Waals surface area contributed by atoms with Crippen LogP contribution < -0.4 is 5.32 Å². The van der Waals surface area contributed by atoms with Gasteiger partial charge in [0.25, 0.3) is 0 Å². The summed E-state index contributed by atoms with van der Waals surface area (Å²) < 4.78 is 22.8. The van der Waals surface area contributed by atoms with Crippen LogP contribution in [0, 0.1) is 11.8 Å². The molecule has 0 aromatic carbocycles. The lowest BCUT2D eigenvalue weighted by atomic mass is 10.0. The zero-order valence-corrected chi connectivity index (χ0v) is 14.4. The summed E-state index contributed by atoms with van der Waals surface area (Å²) >= 11 is 0. The molecule has 0 spiro atoms. The number of hydrogen-bond acceptors (Lipinski definition) is 4. The number of rotatable bonds is 5. The Bertz CT molecular complexity index is 469. The molecule has 2 atom stereocenters. The van der Waals surface area contributed by atoms with Crippen molar-refractivity contribution in [2.75, 3.05) is 12.8 Å². The second-order valence-electron chi connectivity index (χ2n) is 7.08. The van der Waals surface area contributed by atoms with Crippen LogP contribution in [0.25, 0.3) is 0 Å². The van der Waals surface area contributed by atoms with Crippen molar-refractivity contribution in [3.63, 3.8) is 0 Å². The smallest absolute Gasteiger partial charge is 0.241 e. The molecule has 0 aromatic rings.